The van der Waals surface area contributed by atoms with Gasteiger partial charge < -0.3 is 21.0 Å². The Balaban J connectivity index is 2.72. The minimum Gasteiger partial charge on any atom is -0.502 e. The molecule has 1 aliphatic rings. The Morgan fingerprint density at radius 1 is 1.47 bits per heavy atom. The number of carbonyl (C=O) groups excluding carboxylic acids is 1. The number of nitrogens with zero attached hydrogens (tertiary/aromatic N) is 1. The first-order chi connectivity index (χ1) is 7.15. The number of aliphatic hydroxyl groups is 1. The maximum atomic E-state index is 11.4. The van der Waals surface area contributed by atoms with Crippen LogP contribution in [0.1, 0.15) is 16.1 Å². The third-order valence-corrected chi connectivity index (χ3v) is 2.14. The average Bonchev–Trinajstić information content (AvgIpc) is 2.23. The molecule has 0 fully saturated rings. The molecule has 15 heavy (non-hydrogen) atoms. The Bertz CT molecular complexity index is 480. The van der Waals surface area contributed by atoms with Crippen LogP contribution in [0.2, 0.25) is 0 Å². The third kappa shape index (κ3) is 1.33. The molecule has 4 N–H and O–H groups in total. The fraction of sp³-hybridized carbons (Fsp3) is 0.250. The molecule has 0 saturated heterocycles. The van der Waals surface area contributed by atoms with Crippen molar-refractivity contribution in [3.63, 3.8) is 0 Å². The zero-order valence-electron chi connectivity index (χ0n) is 7.65. The number of nitrogens with one attached hydrogen (secondary N) is 2. The summed E-state index contributed by atoms with van der Waals surface area (Å²) in [6.45, 7) is -0.297. The standard InChI is InChI=1S/C8H9N3O4/c12-2-4-1-11-5(7(14)6(4)13)8(15)9-3-10-11/h1,10,12,14H,2-3H2,(H,9,15). The van der Waals surface area contributed by atoms with E-state index < -0.39 is 23.7 Å². The molecule has 2 rings (SSSR count). The van der Waals surface area contributed by atoms with Crippen LogP contribution in [0.25, 0.3) is 0 Å². The summed E-state index contributed by atoms with van der Waals surface area (Å²) in [5.74, 6) is -1.20. The second kappa shape index (κ2) is 3.28. The molecule has 7 nitrogen and oxygen atoms in total. The predicted molar refractivity (Wildman–Crippen MR) is 50.0 cm³/mol. The second-order valence-electron chi connectivity index (χ2n) is 3.05. The summed E-state index contributed by atoms with van der Waals surface area (Å²) in [4.78, 5) is 22.7. The molecular weight excluding hydrogens is 202 g/mol. The average molecular weight is 211 g/mol. The van der Waals surface area contributed by atoms with Crippen LogP contribution in [0, 0.1) is 0 Å². The molecular formula is C8H9N3O4. The van der Waals surface area contributed by atoms with Crippen molar-refractivity contribution in [2.45, 2.75) is 6.61 Å². The first-order valence-corrected chi connectivity index (χ1v) is 4.25. The van der Waals surface area contributed by atoms with Gasteiger partial charge in [0, 0.05) is 11.8 Å². The monoisotopic (exact) mass is 211 g/mol. The molecule has 2 heterocycles. The summed E-state index contributed by atoms with van der Waals surface area (Å²) in [6, 6.07) is 0. The van der Waals surface area contributed by atoms with Crippen molar-refractivity contribution < 1.29 is 15.0 Å². The van der Waals surface area contributed by atoms with Crippen LogP contribution in [0.5, 0.6) is 5.75 Å². The number of amides is 1. The molecule has 1 aliphatic heterocycles. The van der Waals surface area contributed by atoms with E-state index in [2.05, 4.69) is 10.7 Å². The van der Waals surface area contributed by atoms with Gasteiger partial charge in [-0.05, 0) is 0 Å². The maximum Gasteiger partial charge on any atom is 0.275 e. The number of carbonyl (C=O) groups is 1. The first-order valence-electron chi connectivity index (χ1n) is 4.25. The van der Waals surface area contributed by atoms with Gasteiger partial charge in [0.25, 0.3) is 5.91 Å². The van der Waals surface area contributed by atoms with Gasteiger partial charge in [0.1, 0.15) is 6.67 Å². The third-order valence-electron chi connectivity index (χ3n) is 2.14. The van der Waals surface area contributed by atoms with E-state index in [0.717, 1.165) is 0 Å². The largest absolute Gasteiger partial charge is 0.502 e. The predicted octanol–water partition coefficient (Wildman–Crippen LogP) is -1.71. The van der Waals surface area contributed by atoms with Crippen LogP contribution in [0.15, 0.2) is 11.0 Å². The van der Waals surface area contributed by atoms with Crippen LogP contribution in [-0.2, 0) is 6.61 Å². The fourth-order valence-corrected chi connectivity index (χ4v) is 1.40. The molecule has 1 aromatic heterocycles. The Morgan fingerprint density at radius 2 is 2.20 bits per heavy atom. The normalized spacial score (nSPS) is 14.1. The van der Waals surface area contributed by atoms with Crippen LogP contribution in [0.3, 0.4) is 0 Å². The highest BCUT2D eigenvalue weighted by atomic mass is 16.3. The lowest BCUT2D eigenvalue weighted by Gasteiger charge is -2.22. The van der Waals surface area contributed by atoms with Crippen LogP contribution < -0.4 is 16.2 Å². The van der Waals surface area contributed by atoms with Crippen molar-refractivity contribution in [3.8, 4) is 5.75 Å². The summed E-state index contributed by atoms with van der Waals surface area (Å²) in [6.07, 6.45) is 1.29. The molecule has 1 amide bonds. The minimum absolute atomic E-state index is 0.0263. The molecule has 1 aromatic rings. The molecule has 0 aromatic carbocycles. The summed E-state index contributed by atoms with van der Waals surface area (Å²) < 4.78 is 1.22. The Morgan fingerprint density at radius 3 is 2.87 bits per heavy atom. The Labute approximate surface area is 83.9 Å². The number of aromatic hydroxyl groups is 1. The van der Waals surface area contributed by atoms with E-state index in [4.69, 9.17) is 5.11 Å². The maximum absolute atomic E-state index is 11.4. The van der Waals surface area contributed by atoms with Crippen LogP contribution >= 0.6 is 0 Å². The van der Waals surface area contributed by atoms with Crippen LogP contribution in [-0.4, -0.2) is 27.5 Å². The van der Waals surface area contributed by atoms with E-state index in [1.54, 1.807) is 0 Å². The van der Waals surface area contributed by atoms with Gasteiger partial charge in [0.2, 0.25) is 5.43 Å². The van der Waals surface area contributed by atoms with E-state index >= 15 is 0 Å². The Kier molecular flexibility index (Phi) is 2.09. The highest BCUT2D eigenvalue weighted by molar-refractivity contribution is 5.95. The highest BCUT2D eigenvalue weighted by Crippen LogP contribution is 2.13. The zero-order valence-corrected chi connectivity index (χ0v) is 7.65. The van der Waals surface area contributed by atoms with Gasteiger partial charge in [-0.25, -0.2) is 0 Å². The van der Waals surface area contributed by atoms with Gasteiger partial charge in [-0.1, -0.05) is 0 Å². The molecule has 7 heteroatoms. The molecule has 0 atom stereocenters. The SMILES string of the molecule is O=C1NCNn2cc(CO)c(=O)c(O)c21. The van der Waals surface area contributed by atoms with Crippen molar-refractivity contribution in [3.05, 3.63) is 27.7 Å². The van der Waals surface area contributed by atoms with Crippen LogP contribution in [0.4, 0.5) is 0 Å². The number of aromatic nitrogens is 1. The van der Waals surface area contributed by atoms with E-state index in [9.17, 15) is 14.7 Å². The van der Waals surface area contributed by atoms with E-state index in [1.165, 1.54) is 10.9 Å². The van der Waals surface area contributed by atoms with E-state index in [0.29, 0.717) is 0 Å². The number of hydrogen-bond acceptors (Lipinski definition) is 5. The molecule has 0 unspecified atom stereocenters. The summed E-state index contributed by atoms with van der Waals surface area (Å²) in [5.41, 5.74) is 1.85. The van der Waals surface area contributed by atoms with Crippen molar-refractivity contribution in [2.75, 3.05) is 12.1 Å². The highest BCUT2D eigenvalue weighted by Gasteiger charge is 2.23. The second-order valence-corrected chi connectivity index (χ2v) is 3.05. The van der Waals surface area contributed by atoms with Crippen molar-refractivity contribution in [1.82, 2.24) is 9.99 Å². The lowest BCUT2D eigenvalue weighted by atomic mass is 10.2. The molecule has 0 spiro atoms. The molecule has 80 valence electrons. The molecule has 0 aliphatic carbocycles. The lowest BCUT2D eigenvalue weighted by Crippen LogP contribution is -2.43. The zero-order chi connectivity index (χ0) is 11.0. The van der Waals surface area contributed by atoms with Gasteiger partial charge in [-0.15, -0.1) is 0 Å². The topological polar surface area (TPSA) is 104 Å². The molecule has 0 bridgehead atoms. The van der Waals surface area contributed by atoms with Crippen molar-refractivity contribution in [2.24, 2.45) is 0 Å². The fourth-order valence-electron chi connectivity index (χ4n) is 1.40. The summed E-state index contributed by atoms with van der Waals surface area (Å²) in [7, 11) is 0. The van der Waals surface area contributed by atoms with Gasteiger partial charge in [0.15, 0.2) is 11.4 Å². The van der Waals surface area contributed by atoms with Gasteiger partial charge in [-0.2, -0.15) is 0 Å². The Hall–Kier alpha value is -2.02. The number of fused-ring (bicyclic) bond motifs is 1. The van der Waals surface area contributed by atoms with Gasteiger partial charge >= 0.3 is 0 Å². The lowest BCUT2D eigenvalue weighted by molar-refractivity contribution is 0.0931. The number of pyridine rings is 1. The number of hydrogen-bond donors (Lipinski definition) is 4. The number of aliphatic hydroxyl groups excluding tert-OH is 1. The van der Waals surface area contributed by atoms with Crippen molar-refractivity contribution in [1.29, 1.82) is 0 Å². The smallest absolute Gasteiger partial charge is 0.275 e. The first kappa shape index (κ1) is 9.53. The molecule has 0 radical (unpaired) electrons. The van der Waals surface area contributed by atoms with E-state index in [1.807, 2.05) is 0 Å². The van der Waals surface area contributed by atoms with E-state index in [-0.39, 0.29) is 17.9 Å². The number of rotatable bonds is 1. The van der Waals surface area contributed by atoms with Gasteiger partial charge in [0.05, 0.1) is 6.61 Å². The van der Waals surface area contributed by atoms with Gasteiger partial charge in [-0.3, -0.25) is 14.3 Å². The summed E-state index contributed by atoms with van der Waals surface area (Å²) >= 11 is 0. The van der Waals surface area contributed by atoms with Crippen molar-refractivity contribution >= 4 is 5.91 Å². The minimum atomic E-state index is -0.734. The molecule has 0 saturated carbocycles. The summed E-state index contributed by atoms with van der Waals surface area (Å²) in [5, 5.41) is 20.7. The quantitative estimate of drug-likeness (QED) is 0.443.